The van der Waals surface area contributed by atoms with Gasteiger partial charge in [0.2, 0.25) is 0 Å². The number of likely N-dealkylation sites (tertiary alicyclic amines) is 1. The van der Waals surface area contributed by atoms with Gasteiger partial charge in [0.15, 0.2) is 15.5 Å². The number of hydrogen-bond donors (Lipinski definition) is 1. The van der Waals surface area contributed by atoms with Crippen molar-refractivity contribution in [1.29, 1.82) is 0 Å². The van der Waals surface area contributed by atoms with Crippen LogP contribution in [0.1, 0.15) is 29.8 Å². The van der Waals surface area contributed by atoms with Crippen LogP contribution in [0.3, 0.4) is 0 Å². The highest BCUT2D eigenvalue weighted by Crippen LogP contribution is 2.17. The third kappa shape index (κ3) is 5.35. The number of amides is 1. The molecule has 0 bridgehead atoms. The van der Waals surface area contributed by atoms with Gasteiger partial charge in [0.05, 0.1) is 12.8 Å². The summed E-state index contributed by atoms with van der Waals surface area (Å²) in [6, 6.07) is 14.6. The number of ether oxygens (including phenoxy) is 1. The molecule has 4 rings (SSSR count). The van der Waals surface area contributed by atoms with Crippen LogP contribution in [0.5, 0.6) is 5.75 Å². The molecule has 32 heavy (non-hydrogen) atoms. The van der Waals surface area contributed by atoms with Gasteiger partial charge in [-0.1, -0.05) is 11.6 Å². The van der Waals surface area contributed by atoms with Crippen LogP contribution in [0.4, 0.5) is 5.69 Å². The van der Waals surface area contributed by atoms with E-state index < -0.39 is 0 Å². The van der Waals surface area contributed by atoms with Gasteiger partial charge < -0.3 is 15.0 Å². The first-order valence-electron chi connectivity index (χ1n) is 10.2. The van der Waals surface area contributed by atoms with E-state index in [0.717, 1.165) is 49.5 Å². The van der Waals surface area contributed by atoms with Gasteiger partial charge in [-0.15, -0.1) is 5.10 Å². The first kappa shape index (κ1) is 22.4. The van der Waals surface area contributed by atoms with Gasteiger partial charge >= 0.3 is 0 Å². The standard InChI is InChI=1S/C22H22ClN5O2S2/c1-30-18-11-9-17(10-12-18)28-26-19(21(29)27-13-3-2-4-14-27)20(32-28)25-22(31)24-16-7-5-15(23)6-8-16/h5-12H,2-4,13-14H2,1H3,(H,24,31)/b25-20-. The smallest absolute Gasteiger partial charge is 0.277 e. The van der Waals surface area contributed by atoms with Gasteiger partial charge in [-0.3, -0.25) is 4.79 Å². The molecule has 1 N–H and O–H groups in total. The molecule has 3 aromatic rings. The van der Waals surface area contributed by atoms with Crippen molar-refractivity contribution in [3.63, 3.8) is 0 Å². The summed E-state index contributed by atoms with van der Waals surface area (Å²) in [6.07, 6.45) is 3.13. The lowest BCUT2D eigenvalue weighted by molar-refractivity contribution is 0.0716. The summed E-state index contributed by atoms with van der Waals surface area (Å²) in [7, 11) is 1.62. The average Bonchev–Trinajstić information content (AvgIpc) is 3.24. The van der Waals surface area contributed by atoms with Crippen LogP contribution in [-0.2, 0) is 0 Å². The van der Waals surface area contributed by atoms with Gasteiger partial charge in [0.25, 0.3) is 5.91 Å². The van der Waals surface area contributed by atoms with E-state index in [1.165, 1.54) is 11.5 Å². The maximum Gasteiger partial charge on any atom is 0.277 e. The van der Waals surface area contributed by atoms with Gasteiger partial charge in [-0.05, 0) is 91.5 Å². The zero-order valence-electron chi connectivity index (χ0n) is 17.5. The number of hydrogen-bond acceptors (Lipinski definition) is 5. The molecule has 1 saturated heterocycles. The normalized spacial score (nSPS) is 14.3. The molecule has 0 saturated carbocycles. The number of carbonyl (C=O) groups is 1. The fourth-order valence-electron chi connectivity index (χ4n) is 3.33. The summed E-state index contributed by atoms with van der Waals surface area (Å²) in [6.45, 7) is 1.46. The number of benzene rings is 2. The number of methoxy groups -OCH3 is 1. The quantitative estimate of drug-likeness (QED) is 0.548. The summed E-state index contributed by atoms with van der Waals surface area (Å²) >= 11 is 12.6. The second-order valence-electron chi connectivity index (χ2n) is 7.22. The molecule has 0 atom stereocenters. The van der Waals surface area contributed by atoms with Crippen LogP contribution in [0, 0.1) is 0 Å². The van der Waals surface area contributed by atoms with Crippen molar-refractivity contribution in [2.75, 3.05) is 25.5 Å². The summed E-state index contributed by atoms with van der Waals surface area (Å²) in [5, 5.41) is 8.53. The highest BCUT2D eigenvalue weighted by molar-refractivity contribution is 7.80. The minimum Gasteiger partial charge on any atom is -0.497 e. The Morgan fingerprint density at radius 1 is 1.12 bits per heavy atom. The topological polar surface area (TPSA) is 71.8 Å². The SMILES string of the molecule is COc1ccc(-n2nc(C(=O)N3CCCCC3)/c(=N/C(=S)Nc3ccc(Cl)cc3)s2)cc1. The predicted molar refractivity (Wildman–Crippen MR) is 131 cm³/mol. The summed E-state index contributed by atoms with van der Waals surface area (Å²) < 4.78 is 7.37. The lowest BCUT2D eigenvalue weighted by Gasteiger charge is -2.25. The maximum atomic E-state index is 13.2. The van der Waals surface area contributed by atoms with Crippen molar-refractivity contribution < 1.29 is 9.53 Å². The number of nitrogens with one attached hydrogen (secondary N) is 1. The molecule has 0 radical (unpaired) electrons. The Balaban J connectivity index is 1.68. The fraction of sp³-hybridized carbons (Fsp3) is 0.273. The Morgan fingerprint density at radius 3 is 2.47 bits per heavy atom. The zero-order valence-corrected chi connectivity index (χ0v) is 19.8. The number of nitrogens with zero attached hydrogens (tertiary/aromatic N) is 4. The van der Waals surface area contributed by atoms with E-state index in [2.05, 4.69) is 15.4 Å². The van der Waals surface area contributed by atoms with E-state index in [9.17, 15) is 4.79 Å². The minimum absolute atomic E-state index is 0.124. The number of aromatic nitrogens is 2. The van der Waals surface area contributed by atoms with Crippen molar-refractivity contribution in [2.24, 2.45) is 4.99 Å². The number of thiocarbonyl (C=S) groups is 1. The zero-order chi connectivity index (χ0) is 22.5. The predicted octanol–water partition coefficient (Wildman–Crippen LogP) is 4.52. The van der Waals surface area contributed by atoms with Crippen LogP contribution < -0.4 is 14.7 Å². The average molecular weight is 488 g/mol. The number of rotatable bonds is 4. The third-order valence-corrected chi connectivity index (χ3v) is 6.37. The van der Waals surface area contributed by atoms with Crippen LogP contribution in [0.2, 0.25) is 5.02 Å². The molecule has 2 aromatic carbocycles. The van der Waals surface area contributed by atoms with E-state index in [0.29, 0.717) is 15.4 Å². The summed E-state index contributed by atoms with van der Waals surface area (Å²) in [5.74, 6) is 0.620. The highest BCUT2D eigenvalue weighted by atomic mass is 35.5. The molecule has 1 aliphatic heterocycles. The Labute approximate surface area is 200 Å². The Hall–Kier alpha value is -2.75. The van der Waals surface area contributed by atoms with Crippen LogP contribution in [0.25, 0.3) is 5.69 Å². The van der Waals surface area contributed by atoms with E-state index in [1.807, 2.05) is 41.3 Å². The van der Waals surface area contributed by atoms with E-state index in [1.54, 1.807) is 23.3 Å². The van der Waals surface area contributed by atoms with Gasteiger partial charge in [0.1, 0.15) is 5.75 Å². The molecule has 1 amide bonds. The number of carbonyl (C=O) groups excluding carboxylic acids is 1. The Morgan fingerprint density at radius 2 is 1.81 bits per heavy atom. The minimum atomic E-state index is -0.124. The Bertz CT molecular complexity index is 1170. The molecule has 1 fully saturated rings. The van der Waals surface area contributed by atoms with Gasteiger partial charge in [-0.2, -0.15) is 4.07 Å². The maximum absolute atomic E-state index is 13.2. The van der Waals surface area contributed by atoms with Crippen molar-refractivity contribution in [3.8, 4) is 11.4 Å². The van der Waals surface area contributed by atoms with Crippen molar-refractivity contribution in [1.82, 2.24) is 14.1 Å². The molecule has 0 aliphatic carbocycles. The molecule has 7 nitrogen and oxygen atoms in total. The van der Waals surface area contributed by atoms with E-state index in [4.69, 9.17) is 28.6 Å². The molecule has 0 spiro atoms. The lowest BCUT2D eigenvalue weighted by atomic mass is 10.1. The van der Waals surface area contributed by atoms with Gasteiger partial charge in [0, 0.05) is 23.8 Å². The van der Waals surface area contributed by atoms with Crippen LogP contribution >= 0.6 is 35.4 Å². The highest BCUT2D eigenvalue weighted by Gasteiger charge is 2.23. The molecular weight excluding hydrogens is 466 g/mol. The summed E-state index contributed by atoms with van der Waals surface area (Å²) in [5.41, 5.74) is 1.87. The van der Waals surface area contributed by atoms with Crippen molar-refractivity contribution in [2.45, 2.75) is 19.3 Å². The number of anilines is 1. The molecule has 166 valence electrons. The van der Waals surface area contributed by atoms with E-state index in [-0.39, 0.29) is 11.0 Å². The third-order valence-electron chi connectivity index (χ3n) is 5.00. The van der Waals surface area contributed by atoms with Gasteiger partial charge in [-0.25, -0.2) is 4.99 Å². The van der Waals surface area contributed by atoms with Crippen LogP contribution in [-0.4, -0.2) is 45.3 Å². The molecular formula is C22H22ClN5O2S2. The first-order valence-corrected chi connectivity index (χ1v) is 11.7. The second-order valence-corrected chi connectivity index (χ2v) is 8.96. The molecule has 10 heteroatoms. The molecule has 1 aliphatic rings. The number of halogens is 1. The van der Waals surface area contributed by atoms with Crippen molar-refractivity contribution in [3.05, 3.63) is 63.9 Å². The fourth-order valence-corrected chi connectivity index (χ4v) is 4.58. The molecule has 2 heterocycles. The molecule has 1 aromatic heterocycles. The molecule has 0 unspecified atom stereocenters. The monoisotopic (exact) mass is 487 g/mol. The first-order chi connectivity index (χ1) is 15.5. The number of piperidine rings is 1. The largest absolute Gasteiger partial charge is 0.497 e. The van der Waals surface area contributed by atoms with Crippen LogP contribution in [0.15, 0.2) is 53.5 Å². The second kappa shape index (κ2) is 10.2. The summed E-state index contributed by atoms with van der Waals surface area (Å²) in [4.78, 5) is 19.6. The lowest BCUT2D eigenvalue weighted by Crippen LogP contribution is -2.38. The van der Waals surface area contributed by atoms with Crippen molar-refractivity contribution >= 4 is 52.1 Å². The Kier molecular flexibility index (Phi) is 7.19. The van der Waals surface area contributed by atoms with E-state index >= 15 is 0 Å².